The molecule has 116 valence electrons. The first-order valence-corrected chi connectivity index (χ1v) is 8.02. The summed E-state index contributed by atoms with van der Waals surface area (Å²) in [5.41, 5.74) is 1.27. The summed E-state index contributed by atoms with van der Waals surface area (Å²) in [6.07, 6.45) is 2.40. The molecule has 0 saturated carbocycles. The molecule has 2 heterocycles. The Kier molecular flexibility index (Phi) is 4.66. The minimum absolute atomic E-state index is 0.317. The third kappa shape index (κ3) is 3.33. The molecule has 1 aromatic carbocycles. The predicted molar refractivity (Wildman–Crippen MR) is 82.0 cm³/mol. The molecule has 2 aliphatic heterocycles. The van der Waals surface area contributed by atoms with Crippen LogP contribution < -0.4 is 14.8 Å². The summed E-state index contributed by atoms with van der Waals surface area (Å²) in [7, 11) is 0. The molecule has 2 aliphatic rings. The van der Waals surface area contributed by atoms with Crippen LogP contribution in [0, 0.1) is 5.92 Å². The molecule has 1 N–H and O–H groups in total. The molecular formula is C17H25NO3. The third-order valence-electron chi connectivity index (χ3n) is 4.26. The molecule has 21 heavy (non-hydrogen) atoms. The first-order chi connectivity index (χ1) is 10.3. The maximum Gasteiger partial charge on any atom is 0.161 e. The van der Waals surface area contributed by atoms with E-state index in [0.717, 1.165) is 50.7 Å². The monoisotopic (exact) mass is 291 g/mol. The topological polar surface area (TPSA) is 39.7 Å². The van der Waals surface area contributed by atoms with Crippen LogP contribution in [0.15, 0.2) is 18.2 Å². The van der Waals surface area contributed by atoms with Crippen molar-refractivity contribution in [3.63, 3.8) is 0 Å². The van der Waals surface area contributed by atoms with E-state index in [0.29, 0.717) is 18.1 Å². The predicted octanol–water partition coefficient (Wildman–Crippen LogP) is 2.92. The van der Waals surface area contributed by atoms with Crippen LogP contribution in [0.4, 0.5) is 0 Å². The number of fused-ring (bicyclic) bond motifs is 1. The highest BCUT2D eigenvalue weighted by atomic mass is 16.5. The molecule has 4 nitrogen and oxygen atoms in total. The van der Waals surface area contributed by atoms with Crippen LogP contribution in [0.1, 0.15) is 38.3 Å². The van der Waals surface area contributed by atoms with Gasteiger partial charge in [0.1, 0.15) is 0 Å². The first kappa shape index (κ1) is 14.7. The van der Waals surface area contributed by atoms with Gasteiger partial charge < -0.3 is 19.5 Å². The van der Waals surface area contributed by atoms with E-state index in [4.69, 9.17) is 14.2 Å². The van der Waals surface area contributed by atoms with Crippen molar-refractivity contribution >= 4 is 0 Å². The van der Waals surface area contributed by atoms with Crippen LogP contribution in [0.25, 0.3) is 0 Å². The lowest BCUT2D eigenvalue weighted by molar-refractivity contribution is 0.117. The number of hydrogen-bond donors (Lipinski definition) is 1. The maximum absolute atomic E-state index is 5.82. The van der Waals surface area contributed by atoms with Gasteiger partial charge in [-0.2, -0.15) is 0 Å². The lowest BCUT2D eigenvalue weighted by Crippen LogP contribution is -2.28. The largest absolute Gasteiger partial charge is 0.490 e. The molecule has 1 aromatic rings. The summed E-state index contributed by atoms with van der Waals surface area (Å²) in [6, 6.07) is 6.65. The minimum Gasteiger partial charge on any atom is -0.490 e. The van der Waals surface area contributed by atoms with Gasteiger partial charge in [0, 0.05) is 18.4 Å². The zero-order valence-corrected chi connectivity index (χ0v) is 12.9. The van der Waals surface area contributed by atoms with Gasteiger partial charge in [0.2, 0.25) is 0 Å². The standard InChI is InChI=1S/C17H25NO3/c1-3-18-17(14-9-12(2)21-11-14)13-5-6-15-16(10-13)20-8-4-7-19-15/h5-6,10,12,14,17-18H,3-4,7-9,11H2,1-2H3. The quantitative estimate of drug-likeness (QED) is 0.926. The van der Waals surface area contributed by atoms with E-state index in [9.17, 15) is 0 Å². The smallest absolute Gasteiger partial charge is 0.161 e. The summed E-state index contributed by atoms with van der Waals surface area (Å²) in [4.78, 5) is 0. The van der Waals surface area contributed by atoms with Crippen molar-refractivity contribution in [1.29, 1.82) is 0 Å². The lowest BCUT2D eigenvalue weighted by Gasteiger charge is -2.24. The molecule has 1 saturated heterocycles. The molecular weight excluding hydrogens is 266 g/mol. The number of nitrogens with one attached hydrogen (secondary N) is 1. The van der Waals surface area contributed by atoms with Gasteiger partial charge in [-0.05, 0) is 37.6 Å². The zero-order chi connectivity index (χ0) is 14.7. The Labute approximate surface area is 126 Å². The molecule has 0 aliphatic carbocycles. The molecule has 3 rings (SSSR count). The zero-order valence-electron chi connectivity index (χ0n) is 12.9. The Hall–Kier alpha value is -1.26. The lowest BCUT2D eigenvalue weighted by atomic mass is 9.90. The highest BCUT2D eigenvalue weighted by Crippen LogP contribution is 2.37. The van der Waals surface area contributed by atoms with Crippen molar-refractivity contribution in [3.8, 4) is 11.5 Å². The van der Waals surface area contributed by atoms with Crippen LogP contribution in [-0.4, -0.2) is 32.5 Å². The second-order valence-corrected chi connectivity index (χ2v) is 5.93. The summed E-state index contributed by atoms with van der Waals surface area (Å²) in [5, 5.41) is 3.61. The molecule has 4 heteroatoms. The molecule has 3 unspecified atom stereocenters. The summed E-state index contributed by atoms with van der Waals surface area (Å²) in [5.74, 6) is 2.26. The van der Waals surface area contributed by atoms with E-state index >= 15 is 0 Å². The highest BCUT2D eigenvalue weighted by Gasteiger charge is 2.30. The van der Waals surface area contributed by atoms with Gasteiger partial charge in [-0.25, -0.2) is 0 Å². The van der Waals surface area contributed by atoms with Crippen LogP contribution in [0.2, 0.25) is 0 Å². The molecule has 0 spiro atoms. The maximum atomic E-state index is 5.82. The second kappa shape index (κ2) is 6.67. The van der Waals surface area contributed by atoms with Gasteiger partial charge in [-0.15, -0.1) is 0 Å². The van der Waals surface area contributed by atoms with Crippen molar-refractivity contribution < 1.29 is 14.2 Å². The molecule has 0 radical (unpaired) electrons. The van der Waals surface area contributed by atoms with Crippen LogP contribution in [0.5, 0.6) is 11.5 Å². The van der Waals surface area contributed by atoms with Crippen LogP contribution in [-0.2, 0) is 4.74 Å². The fraction of sp³-hybridized carbons (Fsp3) is 0.647. The number of benzene rings is 1. The van der Waals surface area contributed by atoms with Gasteiger partial charge in [-0.1, -0.05) is 13.0 Å². The van der Waals surface area contributed by atoms with E-state index in [1.807, 2.05) is 6.07 Å². The molecule has 0 aromatic heterocycles. The Balaban J connectivity index is 1.83. The van der Waals surface area contributed by atoms with Gasteiger partial charge in [0.15, 0.2) is 11.5 Å². The van der Waals surface area contributed by atoms with Gasteiger partial charge in [0.05, 0.1) is 25.9 Å². The van der Waals surface area contributed by atoms with E-state index in [-0.39, 0.29) is 0 Å². The SMILES string of the molecule is CCNC(c1ccc2c(c1)OCCCO2)C1COC(C)C1. The summed E-state index contributed by atoms with van der Waals surface area (Å²) in [6.45, 7) is 7.53. The molecule has 0 bridgehead atoms. The van der Waals surface area contributed by atoms with E-state index in [1.54, 1.807) is 0 Å². The number of ether oxygens (including phenoxy) is 3. The number of rotatable bonds is 4. The highest BCUT2D eigenvalue weighted by molar-refractivity contribution is 5.44. The first-order valence-electron chi connectivity index (χ1n) is 8.02. The van der Waals surface area contributed by atoms with Crippen molar-refractivity contribution in [2.45, 2.75) is 38.8 Å². The van der Waals surface area contributed by atoms with E-state index in [1.165, 1.54) is 5.56 Å². The molecule has 0 amide bonds. The minimum atomic E-state index is 0.317. The fourth-order valence-corrected chi connectivity index (χ4v) is 3.23. The average Bonchev–Trinajstić information content (AvgIpc) is 2.78. The van der Waals surface area contributed by atoms with Gasteiger partial charge in [0.25, 0.3) is 0 Å². The number of hydrogen-bond acceptors (Lipinski definition) is 4. The fourth-order valence-electron chi connectivity index (χ4n) is 3.23. The Morgan fingerprint density at radius 2 is 2.05 bits per heavy atom. The normalized spacial score (nSPS) is 26.4. The average molecular weight is 291 g/mol. The summed E-state index contributed by atoms with van der Waals surface area (Å²) >= 11 is 0. The third-order valence-corrected chi connectivity index (χ3v) is 4.26. The van der Waals surface area contributed by atoms with Gasteiger partial charge in [-0.3, -0.25) is 0 Å². The molecule has 3 atom stereocenters. The summed E-state index contributed by atoms with van der Waals surface area (Å²) < 4.78 is 17.3. The Morgan fingerprint density at radius 3 is 2.76 bits per heavy atom. The van der Waals surface area contributed by atoms with Crippen molar-refractivity contribution in [2.75, 3.05) is 26.4 Å². The second-order valence-electron chi connectivity index (χ2n) is 5.93. The van der Waals surface area contributed by atoms with Gasteiger partial charge >= 0.3 is 0 Å². The Morgan fingerprint density at radius 1 is 1.24 bits per heavy atom. The van der Waals surface area contributed by atoms with Crippen molar-refractivity contribution in [3.05, 3.63) is 23.8 Å². The van der Waals surface area contributed by atoms with E-state index in [2.05, 4.69) is 31.3 Å². The van der Waals surface area contributed by atoms with Crippen LogP contribution >= 0.6 is 0 Å². The van der Waals surface area contributed by atoms with E-state index < -0.39 is 0 Å². The van der Waals surface area contributed by atoms with Crippen molar-refractivity contribution in [1.82, 2.24) is 5.32 Å². The van der Waals surface area contributed by atoms with Crippen molar-refractivity contribution in [2.24, 2.45) is 5.92 Å². The Bertz CT molecular complexity index is 477. The molecule has 1 fully saturated rings. The van der Waals surface area contributed by atoms with Crippen LogP contribution in [0.3, 0.4) is 0 Å².